The molecular weight excluding hydrogens is 371 g/mol. The maximum Gasteiger partial charge on any atom is 0.254 e. The van der Waals surface area contributed by atoms with E-state index < -0.39 is 0 Å². The number of rotatable bonds is 9. The van der Waals surface area contributed by atoms with Crippen molar-refractivity contribution >= 4 is 11.9 Å². The monoisotopic (exact) mass is 394 g/mol. The number of amides is 1. The van der Waals surface area contributed by atoms with Gasteiger partial charge in [0.25, 0.3) is 5.91 Å². The lowest BCUT2D eigenvalue weighted by atomic mass is 10.1. The van der Waals surface area contributed by atoms with Crippen molar-refractivity contribution in [3.63, 3.8) is 0 Å². The van der Waals surface area contributed by atoms with Crippen molar-refractivity contribution in [2.45, 2.75) is 12.8 Å². The van der Waals surface area contributed by atoms with Crippen LogP contribution >= 0.6 is 0 Å². The van der Waals surface area contributed by atoms with Crippen molar-refractivity contribution in [2.75, 3.05) is 25.5 Å². The molecular formula is C22H23FN4O2. The lowest BCUT2D eigenvalue weighted by Gasteiger charge is -2.08. The van der Waals surface area contributed by atoms with Crippen LogP contribution in [0.25, 0.3) is 0 Å². The average molecular weight is 394 g/mol. The lowest BCUT2D eigenvalue weighted by molar-refractivity contribution is 0.0953. The number of nitrogens with zero attached hydrogens (tertiary/aromatic N) is 2. The molecule has 2 aromatic carbocycles. The van der Waals surface area contributed by atoms with E-state index >= 15 is 0 Å². The highest BCUT2D eigenvalue weighted by Crippen LogP contribution is 2.12. The van der Waals surface area contributed by atoms with Crippen molar-refractivity contribution in [3.8, 4) is 5.75 Å². The summed E-state index contributed by atoms with van der Waals surface area (Å²) in [5.74, 6) is 0.733. The molecule has 0 bridgehead atoms. The molecule has 0 aliphatic carbocycles. The van der Waals surface area contributed by atoms with E-state index in [1.165, 1.54) is 18.5 Å². The van der Waals surface area contributed by atoms with Crippen molar-refractivity contribution in [2.24, 2.45) is 0 Å². The van der Waals surface area contributed by atoms with Crippen LogP contribution in [0.5, 0.6) is 5.75 Å². The van der Waals surface area contributed by atoms with Crippen molar-refractivity contribution in [1.29, 1.82) is 0 Å². The van der Waals surface area contributed by atoms with E-state index in [2.05, 4.69) is 20.6 Å². The highest BCUT2D eigenvalue weighted by atomic mass is 19.1. The molecule has 0 spiro atoms. The summed E-state index contributed by atoms with van der Waals surface area (Å²) in [5.41, 5.74) is 2.10. The number of nitrogens with one attached hydrogen (secondary N) is 2. The van der Waals surface area contributed by atoms with Gasteiger partial charge in [-0.2, -0.15) is 0 Å². The number of aromatic nitrogens is 2. The molecule has 1 amide bonds. The van der Waals surface area contributed by atoms with E-state index in [9.17, 15) is 9.18 Å². The number of halogens is 1. The van der Waals surface area contributed by atoms with Crippen LogP contribution in [0.2, 0.25) is 0 Å². The van der Waals surface area contributed by atoms with Crippen LogP contribution in [0.3, 0.4) is 0 Å². The molecule has 0 unspecified atom stereocenters. The molecule has 1 heterocycles. The molecule has 7 heteroatoms. The SMILES string of the molecule is COc1cccc(CCNC(=O)c2cnc(NCCc3ccccc3F)nc2)c1. The van der Waals surface area contributed by atoms with Crippen molar-refractivity contribution in [1.82, 2.24) is 15.3 Å². The zero-order chi connectivity index (χ0) is 20.5. The van der Waals surface area contributed by atoms with E-state index in [0.717, 1.165) is 11.3 Å². The maximum atomic E-state index is 13.6. The maximum absolute atomic E-state index is 13.6. The van der Waals surface area contributed by atoms with E-state index in [4.69, 9.17) is 4.74 Å². The van der Waals surface area contributed by atoms with Gasteiger partial charge in [-0.15, -0.1) is 0 Å². The molecule has 3 rings (SSSR count). The van der Waals surface area contributed by atoms with Gasteiger partial charge in [-0.3, -0.25) is 4.79 Å². The van der Waals surface area contributed by atoms with E-state index in [-0.39, 0.29) is 11.7 Å². The smallest absolute Gasteiger partial charge is 0.254 e. The minimum atomic E-state index is -0.231. The zero-order valence-corrected chi connectivity index (χ0v) is 16.2. The number of carbonyl (C=O) groups excluding carboxylic acids is 1. The van der Waals surface area contributed by atoms with Crippen LogP contribution in [-0.4, -0.2) is 36.1 Å². The van der Waals surface area contributed by atoms with Gasteiger partial charge in [0.05, 0.1) is 12.7 Å². The molecule has 3 aromatic rings. The fourth-order valence-corrected chi connectivity index (χ4v) is 2.80. The topological polar surface area (TPSA) is 76.1 Å². The summed E-state index contributed by atoms with van der Waals surface area (Å²) in [6.45, 7) is 0.988. The average Bonchev–Trinajstić information content (AvgIpc) is 2.75. The summed E-state index contributed by atoms with van der Waals surface area (Å²) >= 11 is 0. The first kappa shape index (κ1) is 20.3. The molecule has 29 heavy (non-hydrogen) atoms. The van der Waals surface area contributed by atoms with Gasteiger partial charge in [0.15, 0.2) is 0 Å². The summed E-state index contributed by atoms with van der Waals surface area (Å²) in [7, 11) is 1.62. The quantitative estimate of drug-likeness (QED) is 0.583. The minimum absolute atomic E-state index is 0.226. The van der Waals surface area contributed by atoms with Gasteiger partial charge >= 0.3 is 0 Å². The second-order valence-electron chi connectivity index (χ2n) is 6.42. The number of hydrogen-bond acceptors (Lipinski definition) is 5. The molecule has 6 nitrogen and oxygen atoms in total. The van der Waals surface area contributed by atoms with Gasteiger partial charge < -0.3 is 15.4 Å². The second-order valence-corrected chi connectivity index (χ2v) is 6.42. The van der Waals surface area contributed by atoms with Crippen molar-refractivity contribution in [3.05, 3.63) is 83.4 Å². The molecule has 0 aliphatic rings. The fourth-order valence-electron chi connectivity index (χ4n) is 2.80. The number of anilines is 1. The van der Waals surface area contributed by atoms with Gasteiger partial charge in [0.2, 0.25) is 5.95 Å². The summed E-state index contributed by atoms with van der Waals surface area (Å²) in [4.78, 5) is 20.5. The summed E-state index contributed by atoms with van der Waals surface area (Å²) in [6.07, 6.45) is 4.15. The molecule has 0 radical (unpaired) electrons. The van der Waals surface area contributed by atoms with Gasteiger partial charge in [-0.25, -0.2) is 14.4 Å². The number of methoxy groups -OCH3 is 1. The Morgan fingerprint density at radius 3 is 2.59 bits per heavy atom. The van der Waals surface area contributed by atoms with Gasteiger partial charge in [-0.05, 0) is 42.2 Å². The Balaban J connectivity index is 1.44. The third-order valence-corrected chi connectivity index (χ3v) is 4.38. The Labute approximate surface area is 169 Å². The third kappa shape index (κ3) is 6.00. The molecule has 150 valence electrons. The van der Waals surface area contributed by atoms with Gasteiger partial charge in [0.1, 0.15) is 11.6 Å². The first-order valence-electron chi connectivity index (χ1n) is 9.36. The number of benzene rings is 2. The Morgan fingerprint density at radius 1 is 1.03 bits per heavy atom. The number of ether oxygens (including phenoxy) is 1. The molecule has 0 fully saturated rings. The van der Waals surface area contributed by atoms with Crippen LogP contribution < -0.4 is 15.4 Å². The normalized spacial score (nSPS) is 10.4. The molecule has 0 aliphatic heterocycles. The zero-order valence-electron chi connectivity index (χ0n) is 16.2. The van der Waals surface area contributed by atoms with Crippen LogP contribution in [-0.2, 0) is 12.8 Å². The van der Waals surface area contributed by atoms with E-state index in [0.29, 0.717) is 43.0 Å². The van der Waals surface area contributed by atoms with Gasteiger partial charge in [0, 0.05) is 25.5 Å². The molecule has 0 saturated heterocycles. The standard InChI is InChI=1S/C22H23FN4O2/c1-29-19-7-4-5-16(13-19)9-11-24-21(28)18-14-26-22(27-15-18)25-12-10-17-6-2-3-8-20(17)23/h2-8,13-15H,9-12H2,1H3,(H,24,28)(H,25,26,27). The predicted octanol–water partition coefficient (Wildman–Crippen LogP) is 3.25. The van der Waals surface area contributed by atoms with Gasteiger partial charge in [-0.1, -0.05) is 30.3 Å². The summed E-state index contributed by atoms with van der Waals surface area (Å²) < 4.78 is 18.8. The minimum Gasteiger partial charge on any atom is -0.497 e. The molecule has 0 saturated carbocycles. The predicted molar refractivity (Wildman–Crippen MR) is 110 cm³/mol. The summed E-state index contributed by atoms with van der Waals surface area (Å²) in [6, 6.07) is 14.4. The molecule has 1 aromatic heterocycles. The fraction of sp³-hybridized carbons (Fsp3) is 0.227. The van der Waals surface area contributed by atoms with Crippen LogP contribution in [0.1, 0.15) is 21.5 Å². The Kier molecular flexibility index (Phi) is 7.10. The molecule has 2 N–H and O–H groups in total. The highest BCUT2D eigenvalue weighted by Gasteiger charge is 2.07. The molecule has 0 atom stereocenters. The Hall–Kier alpha value is -3.48. The van der Waals surface area contributed by atoms with E-state index in [1.807, 2.05) is 24.3 Å². The first-order valence-corrected chi connectivity index (χ1v) is 9.36. The third-order valence-electron chi connectivity index (χ3n) is 4.38. The number of hydrogen-bond donors (Lipinski definition) is 2. The first-order chi connectivity index (χ1) is 14.2. The summed E-state index contributed by atoms with van der Waals surface area (Å²) in [5, 5.41) is 5.88. The van der Waals surface area contributed by atoms with Crippen LogP contribution in [0.4, 0.5) is 10.3 Å². The number of carbonyl (C=O) groups is 1. The van der Waals surface area contributed by atoms with Crippen LogP contribution in [0, 0.1) is 5.82 Å². The van der Waals surface area contributed by atoms with Crippen LogP contribution in [0.15, 0.2) is 60.9 Å². The van der Waals surface area contributed by atoms with Crippen molar-refractivity contribution < 1.29 is 13.9 Å². The van der Waals surface area contributed by atoms with E-state index in [1.54, 1.807) is 25.3 Å². The Bertz CT molecular complexity index is 948. The second kappa shape index (κ2) is 10.2. The lowest BCUT2D eigenvalue weighted by Crippen LogP contribution is -2.26. The highest BCUT2D eigenvalue weighted by molar-refractivity contribution is 5.93. The largest absolute Gasteiger partial charge is 0.497 e. The Morgan fingerprint density at radius 2 is 1.83 bits per heavy atom.